The minimum atomic E-state index is -0.484. The summed E-state index contributed by atoms with van der Waals surface area (Å²) >= 11 is 0. The van der Waals surface area contributed by atoms with Gasteiger partial charge in [0.2, 0.25) is 0 Å². The summed E-state index contributed by atoms with van der Waals surface area (Å²) in [6.45, 7) is 3.27. The summed E-state index contributed by atoms with van der Waals surface area (Å²) in [5.41, 5.74) is 6.82. The Kier molecular flexibility index (Phi) is 3.84. The van der Waals surface area contributed by atoms with Crippen LogP contribution >= 0.6 is 0 Å². The van der Waals surface area contributed by atoms with Crippen molar-refractivity contribution >= 4 is 11.6 Å². The molecule has 1 saturated carbocycles. The quantitative estimate of drug-likeness (QED) is 0.859. The second-order valence-corrected chi connectivity index (χ2v) is 5.52. The van der Waals surface area contributed by atoms with Crippen molar-refractivity contribution in [1.82, 2.24) is 4.98 Å². The molecule has 98 valence electrons. The molecule has 1 aliphatic rings. The maximum atomic E-state index is 11.1. The van der Waals surface area contributed by atoms with Gasteiger partial charge in [-0.2, -0.15) is 0 Å². The number of hydrogen-bond donors (Lipinski definition) is 2. The zero-order valence-electron chi connectivity index (χ0n) is 10.9. The van der Waals surface area contributed by atoms with E-state index in [2.05, 4.69) is 17.2 Å². The molecule has 1 aromatic heterocycles. The van der Waals surface area contributed by atoms with Crippen molar-refractivity contribution in [2.75, 3.05) is 11.9 Å². The van der Waals surface area contributed by atoms with Crippen LogP contribution in [0.2, 0.25) is 0 Å². The smallest absolute Gasteiger partial charge is 0.267 e. The maximum Gasteiger partial charge on any atom is 0.267 e. The summed E-state index contributed by atoms with van der Waals surface area (Å²) in [6.07, 6.45) is 8.16. The van der Waals surface area contributed by atoms with Crippen LogP contribution in [0.25, 0.3) is 0 Å². The second-order valence-electron chi connectivity index (χ2n) is 5.52. The predicted molar refractivity (Wildman–Crippen MR) is 72.4 cm³/mol. The maximum absolute atomic E-state index is 11.1. The van der Waals surface area contributed by atoms with E-state index in [0.29, 0.717) is 11.1 Å². The molecule has 18 heavy (non-hydrogen) atoms. The van der Waals surface area contributed by atoms with Gasteiger partial charge >= 0.3 is 0 Å². The first-order valence-electron chi connectivity index (χ1n) is 6.59. The van der Waals surface area contributed by atoms with Crippen LogP contribution in [0.5, 0.6) is 0 Å². The minimum Gasteiger partial charge on any atom is -0.384 e. The SMILES string of the molecule is CC1(CNc2ccnc(C(N)=O)c2)CCCCC1. The van der Waals surface area contributed by atoms with Crippen LogP contribution in [0.15, 0.2) is 18.3 Å². The molecule has 0 bridgehead atoms. The zero-order chi connectivity index (χ0) is 13.0. The van der Waals surface area contributed by atoms with Crippen molar-refractivity contribution in [1.29, 1.82) is 0 Å². The molecule has 3 N–H and O–H groups in total. The number of nitrogens with two attached hydrogens (primary N) is 1. The van der Waals surface area contributed by atoms with E-state index in [1.807, 2.05) is 6.07 Å². The standard InChI is InChI=1S/C14H21N3O/c1-14(6-3-2-4-7-14)10-17-11-5-8-16-12(9-11)13(15)18/h5,8-9H,2-4,6-7,10H2,1H3,(H2,15,18)(H,16,17). The van der Waals surface area contributed by atoms with E-state index in [-0.39, 0.29) is 0 Å². The number of hydrogen-bond acceptors (Lipinski definition) is 3. The Labute approximate surface area is 108 Å². The van der Waals surface area contributed by atoms with Crippen molar-refractivity contribution in [2.45, 2.75) is 39.0 Å². The van der Waals surface area contributed by atoms with Crippen molar-refractivity contribution < 1.29 is 4.79 Å². The van der Waals surface area contributed by atoms with Crippen LogP contribution < -0.4 is 11.1 Å². The Hall–Kier alpha value is -1.58. The number of aromatic nitrogens is 1. The van der Waals surface area contributed by atoms with E-state index in [0.717, 1.165) is 12.2 Å². The lowest BCUT2D eigenvalue weighted by Crippen LogP contribution is -2.29. The number of nitrogens with zero attached hydrogens (tertiary/aromatic N) is 1. The van der Waals surface area contributed by atoms with Gasteiger partial charge in [0.05, 0.1) is 0 Å². The summed E-state index contributed by atoms with van der Waals surface area (Å²) < 4.78 is 0. The molecule has 0 aliphatic heterocycles. The van der Waals surface area contributed by atoms with Gasteiger partial charge in [-0.05, 0) is 30.4 Å². The van der Waals surface area contributed by atoms with E-state index in [1.165, 1.54) is 32.1 Å². The number of primary amides is 1. The van der Waals surface area contributed by atoms with Gasteiger partial charge in [-0.1, -0.05) is 26.2 Å². The Morgan fingerprint density at radius 1 is 1.44 bits per heavy atom. The lowest BCUT2D eigenvalue weighted by Gasteiger charge is -2.34. The Bertz CT molecular complexity index is 425. The third kappa shape index (κ3) is 3.22. The van der Waals surface area contributed by atoms with E-state index in [1.54, 1.807) is 12.3 Å². The first kappa shape index (κ1) is 12.9. The van der Waals surface area contributed by atoms with Gasteiger partial charge in [0, 0.05) is 18.4 Å². The molecule has 2 rings (SSSR count). The van der Waals surface area contributed by atoms with E-state index in [4.69, 9.17) is 5.73 Å². The first-order valence-corrected chi connectivity index (χ1v) is 6.59. The van der Waals surface area contributed by atoms with Gasteiger partial charge in [0.15, 0.2) is 0 Å². The molecule has 1 aliphatic carbocycles. The lowest BCUT2D eigenvalue weighted by atomic mass is 9.76. The first-order chi connectivity index (χ1) is 8.59. The highest BCUT2D eigenvalue weighted by atomic mass is 16.1. The van der Waals surface area contributed by atoms with Crippen LogP contribution in [0.3, 0.4) is 0 Å². The molecule has 0 atom stereocenters. The van der Waals surface area contributed by atoms with Crippen molar-refractivity contribution in [3.8, 4) is 0 Å². The summed E-state index contributed by atoms with van der Waals surface area (Å²) in [5.74, 6) is -0.484. The molecular weight excluding hydrogens is 226 g/mol. The summed E-state index contributed by atoms with van der Waals surface area (Å²) in [7, 11) is 0. The molecule has 0 unspecified atom stereocenters. The van der Waals surface area contributed by atoms with E-state index >= 15 is 0 Å². The van der Waals surface area contributed by atoms with Crippen LogP contribution in [0, 0.1) is 5.41 Å². The van der Waals surface area contributed by atoms with Crippen molar-refractivity contribution in [3.63, 3.8) is 0 Å². The average Bonchev–Trinajstić information content (AvgIpc) is 2.38. The largest absolute Gasteiger partial charge is 0.384 e. The fourth-order valence-electron chi connectivity index (χ4n) is 2.57. The lowest BCUT2D eigenvalue weighted by molar-refractivity contribution is 0.0995. The molecular formula is C14H21N3O. The molecule has 1 aromatic rings. The topological polar surface area (TPSA) is 68.0 Å². The number of pyridine rings is 1. The number of rotatable bonds is 4. The Morgan fingerprint density at radius 3 is 2.83 bits per heavy atom. The van der Waals surface area contributed by atoms with E-state index < -0.39 is 5.91 Å². The molecule has 1 heterocycles. The second kappa shape index (κ2) is 5.38. The van der Waals surface area contributed by atoms with Crippen molar-refractivity contribution in [3.05, 3.63) is 24.0 Å². The molecule has 4 heteroatoms. The number of anilines is 1. The van der Waals surface area contributed by atoms with Gasteiger partial charge in [-0.15, -0.1) is 0 Å². The van der Waals surface area contributed by atoms with E-state index in [9.17, 15) is 4.79 Å². The predicted octanol–water partition coefficient (Wildman–Crippen LogP) is 2.56. The molecule has 4 nitrogen and oxygen atoms in total. The number of nitrogens with one attached hydrogen (secondary N) is 1. The number of amides is 1. The summed E-state index contributed by atoms with van der Waals surface area (Å²) in [5, 5.41) is 3.40. The van der Waals surface area contributed by atoms with Gasteiger partial charge in [-0.25, -0.2) is 0 Å². The zero-order valence-corrected chi connectivity index (χ0v) is 10.9. The number of carbonyl (C=O) groups is 1. The summed E-state index contributed by atoms with van der Waals surface area (Å²) in [6, 6.07) is 3.59. The molecule has 1 fully saturated rings. The third-order valence-corrected chi connectivity index (χ3v) is 3.79. The van der Waals surface area contributed by atoms with Gasteiger partial charge < -0.3 is 11.1 Å². The van der Waals surface area contributed by atoms with Crippen LogP contribution in [0.4, 0.5) is 5.69 Å². The van der Waals surface area contributed by atoms with Crippen LogP contribution in [0.1, 0.15) is 49.5 Å². The van der Waals surface area contributed by atoms with Crippen molar-refractivity contribution in [2.24, 2.45) is 11.1 Å². The highest BCUT2D eigenvalue weighted by Gasteiger charge is 2.26. The Morgan fingerprint density at radius 2 is 2.17 bits per heavy atom. The molecule has 0 aromatic carbocycles. The molecule has 0 saturated heterocycles. The van der Waals surface area contributed by atoms with Gasteiger partial charge in [0.25, 0.3) is 5.91 Å². The third-order valence-electron chi connectivity index (χ3n) is 3.79. The number of carbonyl (C=O) groups excluding carboxylic acids is 1. The molecule has 1 amide bonds. The molecule has 0 radical (unpaired) electrons. The van der Waals surface area contributed by atoms with Gasteiger partial charge in [0.1, 0.15) is 5.69 Å². The Balaban J connectivity index is 1.97. The van der Waals surface area contributed by atoms with Gasteiger partial charge in [-0.3, -0.25) is 9.78 Å². The average molecular weight is 247 g/mol. The fraction of sp³-hybridized carbons (Fsp3) is 0.571. The fourth-order valence-corrected chi connectivity index (χ4v) is 2.57. The molecule has 0 spiro atoms. The minimum absolute atomic E-state index is 0.314. The van der Waals surface area contributed by atoms with Crippen LogP contribution in [-0.4, -0.2) is 17.4 Å². The summed E-state index contributed by atoms with van der Waals surface area (Å²) in [4.78, 5) is 15.0. The van der Waals surface area contributed by atoms with Crippen LogP contribution in [-0.2, 0) is 0 Å². The highest BCUT2D eigenvalue weighted by Crippen LogP contribution is 2.35. The highest BCUT2D eigenvalue weighted by molar-refractivity contribution is 5.91. The monoisotopic (exact) mass is 247 g/mol. The normalized spacial score (nSPS) is 18.3.